The third kappa shape index (κ3) is 6.20. The standard InChI is InChI=1S/C33H47N5O3S/c1-7-14-37(6)31(41)21(2)25-12-13-33(4)19-26-28(22(3)27(33)29(25)39)34-32(42-26)35-30(40)24-10-8-23(9-11-24)20-38-17-15-36(5)16-18-38/h7-11,21-22,25,27,29,39H,1,12-20H2,2-6H3,(H,34,35,40)/t21-,22-,25+,27+,29-,33+/m0/s1. The fourth-order valence-electron chi connectivity index (χ4n) is 7.61. The second-order valence-electron chi connectivity index (χ2n) is 13.2. The van der Waals surface area contributed by atoms with Crippen LogP contribution in [0, 0.1) is 23.2 Å². The molecule has 5 rings (SSSR count). The molecule has 228 valence electrons. The van der Waals surface area contributed by atoms with Gasteiger partial charge >= 0.3 is 0 Å². The van der Waals surface area contributed by atoms with Crippen LogP contribution in [0.5, 0.6) is 0 Å². The van der Waals surface area contributed by atoms with Gasteiger partial charge in [0.1, 0.15) is 0 Å². The molecule has 1 saturated heterocycles. The quantitative estimate of drug-likeness (QED) is 0.439. The molecule has 2 N–H and O–H groups in total. The number of benzene rings is 1. The molecule has 3 aliphatic rings. The maximum absolute atomic E-state index is 13.2. The minimum atomic E-state index is -0.591. The molecular formula is C33H47N5O3S. The van der Waals surface area contributed by atoms with Gasteiger partial charge in [0.05, 0.1) is 11.8 Å². The molecule has 0 spiro atoms. The van der Waals surface area contributed by atoms with Gasteiger partial charge in [-0.25, -0.2) is 4.98 Å². The summed E-state index contributed by atoms with van der Waals surface area (Å²) in [5.74, 6) is -0.426. The zero-order valence-corrected chi connectivity index (χ0v) is 26.6. The third-order valence-corrected chi connectivity index (χ3v) is 11.2. The van der Waals surface area contributed by atoms with E-state index < -0.39 is 6.10 Å². The smallest absolute Gasteiger partial charge is 0.257 e. The Hall–Kier alpha value is -2.59. The predicted molar refractivity (Wildman–Crippen MR) is 169 cm³/mol. The molecule has 0 unspecified atom stereocenters. The SMILES string of the molecule is C=CCN(C)C(=O)[C@@H](C)[C@H]1CC[C@]2(C)Cc3sc(NC(=O)c4ccc(CN5CCN(C)CC5)cc4)nc3[C@@H](C)[C@@H]2[C@H]1O. The Bertz CT molecular complexity index is 1290. The van der Waals surface area contributed by atoms with E-state index in [0.717, 1.165) is 57.7 Å². The summed E-state index contributed by atoms with van der Waals surface area (Å²) in [6.45, 7) is 15.8. The highest BCUT2D eigenvalue weighted by molar-refractivity contribution is 7.15. The van der Waals surface area contributed by atoms with Crippen molar-refractivity contribution in [2.24, 2.45) is 23.2 Å². The van der Waals surface area contributed by atoms with Crippen molar-refractivity contribution in [3.05, 3.63) is 58.6 Å². The molecule has 0 radical (unpaired) electrons. The lowest BCUT2D eigenvalue weighted by Gasteiger charge is -2.53. The second kappa shape index (κ2) is 12.6. The normalized spacial score (nSPS) is 28.8. The third-order valence-electron chi connectivity index (χ3n) is 10.2. The molecule has 9 heteroatoms. The van der Waals surface area contributed by atoms with Crippen LogP contribution < -0.4 is 5.32 Å². The summed E-state index contributed by atoms with van der Waals surface area (Å²) in [4.78, 5) is 38.8. The number of piperazine rings is 1. The van der Waals surface area contributed by atoms with Gasteiger partial charge in [-0.1, -0.05) is 39.0 Å². The van der Waals surface area contributed by atoms with E-state index in [9.17, 15) is 14.7 Å². The molecule has 2 amide bonds. The van der Waals surface area contributed by atoms with E-state index >= 15 is 0 Å². The number of rotatable bonds is 8. The number of aliphatic hydroxyl groups excluding tert-OH is 1. The number of carbonyl (C=O) groups excluding carboxylic acids is 2. The molecule has 6 atom stereocenters. The molecule has 0 bridgehead atoms. The van der Waals surface area contributed by atoms with Crippen molar-refractivity contribution in [3.63, 3.8) is 0 Å². The first-order valence-corrected chi connectivity index (χ1v) is 16.2. The van der Waals surface area contributed by atoms with Gasteiger partial charge in [0.2, 0.25) is 5.91 Å². The Balaban J connectivity index is 1.25. The lowest BCUT2D eigenvalue weighted by molar-refractivity contribution is -0.143. The van der Waals surface area contributed by atoms with Crippen LogP contribution in [0.2, 0.25) is 0 Å². The summed E-state index contributed by atoms with van der Waals surface area (Å²) in [5, 5.41) is 15.4. The number of thiazole rings is 1. The summed E-state index contributed by atoms with van der Waals surface area (Å²) in [5.41, 5.74) is 2.73. The van der Waals surface area contributed by atoms with Crippen molar-refractivity contribution in [3.8, 4) is 0 Å². The fraction of sp³-hybridized carbons (Fsp3) is 0.606. The molecular weight excluding hydrogens is 546 g/mol. The van der Waals surface area contributed by atoms with Gasteiger partial charge in [-0.15, -0.1) is 17.9 Å². The van der Waals surface area contributed by atoms with Crippen molar-refractivity contribution in [1.82, 2.24) is 19.7 Å². The van der Waals surface area contributed by atoms with Crippen LogP contribution in [0.1, 0.15) is 66.0 Å². The Morgan fingerprint density at radius 3 is 2.62 bits per heavy atom. The van der Waals surface area contributed by atoms with Crippen molar-refractivity contribution in [1.29, 1.82) is 0 Å². The maximum atomic E-state index is 13.2. The lowest BCUT2D eigenvalue weighted by atomic mass is 9.53. The summed E-state index contributed by atoms with van der Waals surface area (Å²) >= 11 is 1.56. The van der Waals surface area contributed by atoms with Crippen molar-refractivity contribution >= 4 is 28.3 Å². The second-order valence-corrected chi connectivity index (χ2v) is 14.3. The van der Waals surface area contributed by atoms with E-state index in [1.807, 2.05) is 31.2 Å². The van der Waals surface area contributed by atoms with Gasteiger partial charge in [-0.3, -0.25) is 19.8 Å². The molecule has 1 aromatic carbocycles. The number of nitrogens with zero attached hydrogens (tertiary/aromatic N) is 4. The number of hydrogen-bond donors (Lipinski definition) is 2. The first kappa shape index (κ1) is 30.9. The van der Waals surface area contributed by atoms with E-state index in [4.69, 9.17) is 4.98 Å². The fourth-order valence-corrected chi connectivity index (χ4v) is 8.87. The number of nitrogens with one attached hydrogen (secondary N) is 1. The average molecular weight is 594 g/mol. The van der Waals surface area contributed by atoms with E-state index in [0.29, 0.717) is 17.2 Å². The molecule has 2 fully saturated rings. The Morgan fingerprint density at radius 2 is 1.95 bits per heavy atom. The minimum absolute atomic E-state index is 0.00205. The average Bonchev–Trinajstić information content (AvgIpc) is 3.35. The number of anilines is 1. The predicted octanol–water partition coefficient (Wildman–Crippen LogP) is 4.48. The van der Waals surface area contributed by atoms with Crippen LogP contribution in [0.15, 0.2) is 36.9 Å². The molecule has 8 nitrogen and oxygen atoms in total. The van der Waals surface area contributed by atoms with Gasteiger partial charge in [0.15, 0.2) is 5.13 Å². The minimum Gasteiger partial charge on any atom is -0.392 e. The zero-order chi connectivity index (χ0) is 30.2. The molecule has 2 aliphatic carbocycles. The van der Waals surface area contributed by atoms with E-state index in [2.05, 4.69) is 42.6 Å². The van der Waals surface area contributed by atoms with Crippen LogP contribution >= 0.6 is 11.3 Å². The van der Waals surface area contributed by atoms with Crippen molar-refractivity contribution in [2.75, 3.05) is 52.1 Å². The van der Waals surface area contributed by atoms with E-state index in [-0.39, 0.29) is 40.9 Å². The molecule has 1 aromatic heterocycles. The first-order chi connectivity index (χ1) is 20.0. The number of carbonyl (C=O) groups is 2. The van der Waals surface area contributed by atoms with Gasteiger partial charge in [0, 0.05) is 68.6 Å². The zero-order valence-electron chi connectivity index (χ0n) is 25.8. The Labute approximate surface area is 254 Å². The van der Waals surface area contributed by atoms with Gasteiger partial charge in [-0.05, 0) is 61.3 Å². The largest absolute Gasteiger partial charge is 0.392 e. The topological polar surface area (TPSA) is 89.0 Å². The lowest BCUT2D eigenvalue weighted by Crippen LogP contribution is -2.53. The van der Waals surface area contributed by atoms with E-state index in [1.54, 1.807) is 29.4 Å². The number of likely N-dealkylation sites (N-methyl/N-ethyl adjacent to an activating group) is 2. The van der Waals surface area contributed by atoms with Crippen LogP contribution in [0.4, 0.5) is 5.13 Å². The molecule has 42 heavy (non-hydrogen) atoms. The highest BCUT2D eigenvalue weighted by Crippen LogP contribution is 2.57. The summed E-state index contributed by atoms with van der Waals surface area (Å²) < 4.78 is 0. The Kier molecular flexibility index (Phi) is 9.23. The highest BCUT2D eigenvalue weighted by atomic mass is 32.1. The van der Waals surface area contributed by atoms with Crippen molar-refractivity contribution in [2.45, 2.75) is 58.6 Å². The first-order valence-electron chi connectivity index (χ1n) is 15.4. The number of fused-ring (bicyclic) bond motifs is 2. The van der Waals surface area contributed by atoms with Gasteiger partial charge < -0.3 is 14.9 Å². The van der Waals surface area contributed by atoms with Crippen LogP contribution in [-0.2, 0) is 17.8 Å². The number of amides is 2. The summed E-state index contributed by atoms with van der Waals surface area (Å²) in [7, 11) is 3.95. The highest BCUT2D eigenvalue weighted by Gasteiger charge is 2.54. The summed E-state index contributed by atoms with van der Waals surface area (Å²) in [6, 6.07) is 7.90. The molecule has 1 aliphatic heterocycles. The number of aromatic nitrogens is 1. The van der Waals surface area contributed by atoms with Crippen LogP contribution in [0.25, 0.3) is 0 Å². The summed E-state index contributed by atoms with van der Waals surface area (Å²) in [6.07, 6.45) is 3.73. The van der Waals surface area contributed by atoms with Gasteiger partial charge in [0.25, 0.3) is 5.91 Å². The maximum Gasteiger partial charge on any atom is 0.257 e. The van der Waals surface area contributed by atoms with Gasteiger partial charge in [-0.2, -0.15) is 0 Å². The van der Waals surface area contributed by atoms with Crippen molar-refractivity contribution < 1.29 is 14.7 Å². The monoisotopic (exact) mass is 593 g/mol. The van der Waals surface area contributed by atoms with Crippen LogP contribution in [0.3, 0.4) is 0 Å². The molecule has 2 heterocycles. The van der Waals surface area contributed by atoms with E-state index in [1.165, 1.54) is 10.4 Å². The Morgan fingerprint density at radius 1 is 1.26 bits per heavy atom. The number of aliphatic hydroxyl groups is 1. The molecule has 1 saturated carbocycles. The number of hydrogen-bond acceptors (Lipinski definition) is 7. The van der Waals surface area contributed by atoms with Crippen LogP contribution in [-0.4, -0.2) is 89.5 Å². The molecule has 2 aromatic rings.